The molecule has 4 N–H and O–H groups in total. The normalized spacial score (nSPS) is 14.8. The lowest BCUT2D eigenvalue weighted by molar-refractivity contribution is 0.0938. The molecule has 0 bridgehead atoms. The van der Waals surface area contributed by atoms with E-state index in [-0.39, 0.29) is 12.5 Å². The number of thiophene rings is 1. The van der Waals surface area contributed by atoms with Crippen LogP contribution >= 0.6 is 11.3 Å². The predicted molar refractivity (Wildman–Crippen MR) is 56.3 cm³/mol. The van der Waals surface area contributed by atoms with Gasteiger partial charge in [-0.1, -0.05) is 0 Å². The molecule has 0 aliphatic heterocycles. The van der Waals surface area contributed by atoms with Crippen molar-refractivity contribution in [3.63, 3.8) is 0 Å². The Bertz CT molecular complexity index is 285. The molecule has 2 unspecified atom stereocenters. The van der Waals surface area contributed by atoms with Gasteiger partial charge in [0.05, 0.1) is 6.10 Å². The molecule has 1 heterocycles. The van der Waals surface area contributed by atoms with E-state index in [0.717, 1.165) is 0 Å². The molecular formula is C9H14N2O2S. The summed E-state index contributed by atoms with van der Waals surface area (Å²) < 4.78 is 0. The quantitative estimate of drug-likeness (QED) is 0.669. The molecule has 1 aromatic rings. The minimum absolute atomic E-state index is 0.151. The van der Waals surface area contributed by atoms with Crippen LogP contribution in [-0.4, -0.2) is 29.7 Å². The van der Waals surface area contributed by atoms with Gasteiger partial charge in [0.1, 0.15) is 0 Å². The highest BCUT2D eigenvalue weighted by molar-refractivity contribution is 7.08. The van der Waals surface area contributed by atoms with Crippen molar-refractivity contribution < 1.29 is 9.90 Å². The SMILES string of the molecule is CC(O)C(N)CNC(=O)c1ccsc1. The second-order valence-corrected chi connectivity index (χ2v) is 3.91. The maximum atomic E-state index is 11.4. The molecule has 78 valence electrons. The molecule has 0 saturated heterocycles. The van der Waals surface area contributed by atoms with Gasteiger partial charge in [-0.15, -0.1) is 0 Å². The fourth-order valence-electron chi connectivity index (χ4n) is 0.877. The van der Waals surface area contributed by atoms with Crippen molar-refractivity contribution in [1.29, 1.82) is 0 Å². The van der Waals surface area contributed by atoms with Gasteiger partial charge in [-0.25, -0.2) is 0 Å². The molecule has 2 atom stereocenters. The minimum Gasteiger partial charge on any atom is -0.392 e. The average molecular weight is 214 g/mol. The minimum atomic E-state index is -0.613. The van der Waals surface area contributed by atoms with Gasteiger partial charge < -0.3 is 16.2 Å². The van der Waals surface area contributed by atoms with Crippen LogP contribution in [0.2, 0.25) is 0 Å². The highest BCUT2D eigenvalue weighted by atomic mass is 32.1. The molecular weight excluding hydrogens is 200 g/mol. The smallest absolute Gasteiger partial charge is 0.252 e. The zero-order chi connectivity index (χ0) is 10.6. The molecule has 0 fully saturated rings. The van der Waals surface area contributed by atoms with Crippen LogP contribution in [0.1, 0.15) is 17.3 Å². The van der Waals surface area contributed by atoms with Crippen LogP contribution in [0.5, 0.6) is 0 Å². The average Bonchev–Trinajstić information content (AvgIpc) is 2.66. The molecule has 1 rings (SSSR count). The van der Waals surface area contributed by atoms with Crippen molar-refractivity contribution in [2.24, 2.45) is 5.73 Å². The largest absolute Gasteiger partial charge is 0.392 e. The molecule has 0 radical (unpaired) electrons. The maximum Gasteiger partial charge on any atom is 0.252 e. The number of nitrogens with one attached hydrogen (secondary N) is 1. The Balaban J connectivity index is 2.36. The lowest BCUT2D eigenvalue weighted by atomic mass is 10.2. The number of aliphatic hydroxyl groups is 1. The number of hydrogen-bond acceptors (Lipinski definition) is 4. The second kappa shape index (κ2) is 5.09. The third-order valence-electron chi connectivity index (χ3n) is 1.90. The summed E-state index contributed by atoms with van der Waals surface area (Å²) in [5.74, 6) is -0.151. The Labute approximate surface area is 86.7 Å². The van der Waals surface area contributed by atoms with Crippen LogP contribution in [0.25, 0.3) is 0 Å². The third-order valence-corrected chi connectivity index (χ3v) is 2.58. The fourth-order valence-corrected chi connectivity index (χ4v) is 1.51. The van der Waals surface area contributed by atoms with E-state index in [9.17, 15) is 4.79 Å². The Morgan fingerprint density at radius 1 is 1.79 bits per heavy atom. The summed E-state index contributed by atoms with van der Waals surface area (Å²) in [6.45, 7) is 1.88. The van der Waals surface area contributed by atoms with Gasteiger partial charge in [0.15, 0.2) is 0 Å². The van der Waals surface area contributed by atoms with Gasteiger partial charge >= 0.3 is 0 Å². The van der Waals surface area contributed by atoms with E-state index >= 15 is 0 Å². The Morgan fingerprint density at radius 2 is 2.50 bits per heavy atom. The van der Waals surface area contributed by atoms with Crippen molar-refractivity contribution in [2.75, 3.05) is 6.54 Å². The summed E-state index contributed by atoms with van der Waals surface area (Å²) in [5, 5.41) is 15.3. The van der Waals surface area contributed by atoms with Crippen molar-refractivity contribution in [3.8, 4) is 0 Å². The molecule has 1 aromatic heterocycles. The van der Waals surface area contributed by atoms with Crippen molar-refractivity contribution in [2.45, 2.75) is 19.1 Å². The second-order valence-electron chi connectivity index (χ2n) is 3.13. The van der Waals surface area contributed by atoms with Gasteiger partial charge in [0, 0.05) is 23.5 Å². The molecule has 0 saturated carbocycles. The van der Waals surface area contributed by atoms with E-state index in [0.29, 0.717) is 5.56 Å². The van der Waals surface area contributed by atoms with Crippen LogP contribution in [0.3, 0.4) is 0 Å². The van der Waals surface area contributed by atoms with Gasteiger partial charge in [0.2, 0.25) is 0 Å². The standard InChI is InChI=1S/C9H14N2O2S/c1-6(12)8(10)4-11-9(13)7-2-3-14-5-7/h2-3,5-6,8,12H,4,10H2,1H3,(H,11,13). The zero-order valence-corrected chi connectivity index (χ0v) is 8.75. The van der Waals surface area contributed by atoms with Crippen LogP contribution in [0.15, 0.2) is 16.8 Å². The molecule has 1 amide bonds. The summed E-state index contributed by atoms with van der Waals surface area (Å²) in [7, 11) is 0. The number of rotatable bonds is 4. The van der Waals surface area contributed by atoms with E-state index in [2.05, 4.69) is 5.32 Å². The number of carbonyl (C=O) groups excluding carboxylic acids is 1. The molecule has 4 nitrogen and oxygen atoms in total. The molecule has 0 aromatic carbocycles. The van der Waals surface area contributed by atoms with Gasteiger partial charge in [0.25, 0.3) is 5.91 Å². The summed E-state index contributed by atoms with van der Waals surface area (Å²) in [6.07, 6.45) is -0.613. The number of carbonyl (C=O) groups is 1. The van der Waals surface area contributed by atoms with Gasteiger partial charge in [-0.3, -0.25) is 4.79 Å². The van der Waals surface area contributed by atoms with E-state index in [4.69, 9.17) is 10.8 Å². The third kappa shape index (κ3) is 3.10. The summed E-state index contributed by atoms with van der Waals surface area (Å²) >= 11 is 1.47. The van der Waals surface area contributed by atoms with Crippen molar-refractivity contribution >= 4 is 17.2 Å². The Hall–Kier alpha value is -0.910. The Kier molecular flexibility index (Phi) is 4.06. The summed E-state index contributed by atoms with van der Waals surface area (Å²) in [6, 6.07) is 1.33. The zero-order valence-electron chi connectivity index (χ0n) is 7.93. The van der Waals surface area contributed by atoms with Gasteiger partial charge in [-0.05, 0) is 18.4 Å². The van der Waals surface area contributed by atoms with Gasteiger partial charge in [-0.2, -0.15) is 11.3 Å². The lowest BCUT2D eigenvalue weighted by Gasteiger charge is -2.14. The van der Waals surface area contributed by atoms with E-state index < -0.39 is 12.1 Å². The number of nitrogens with two attached hydrogens (primary N) is 1. The highest BCUT2D eigenvalue weighted by Crippen LogP contribution is 2.05. The highest BCUT2D eigenvalue weighted by Gasteiger charge is 2.11. The fraction of sp³-hybridized carbons (Fsp3) is 0.444. The van der Waals surface area contributed by atoms with Crippen LogP contribution in [0, 0.1) is 0 Å². The van der Waals surface area contributed by atoms with E-state index in [1.54, 1.807) is 18.4 Å². The maximum absolute atomic E-state index is 11.4. The van der Waals surface area contributed by atoms with Crippen LogP contribution in [0.4, 0.5) is 0 Å². The predicted octanol–water partition coefficient (Wildman–Crippen LogP) is 0.186. The summed E-state index contributed by atoms with van der Waals surface area (Å²) in [5.41, 5.74) is 6.19. The molecule has 5 heteroatoms. The van der Waals surface area contributed by atoms with Crippen molar-refractivity contribution in [3.05, 3.63) is 22.4 Å². The lowest BCUT2D eigenvalue weighted by Crippen LogP contribution is -2.43. The number of aliphatic hydroxyl groups excluding tert-OH is 1. The molecule has 14 heavy (non-hydrogen) atoms. The molecule has 0 aliphatic rings. The van der Waals surface area contributed by atoms with E-state index in [1.807, 2.05) is 5.38 Å². The first-order valence-electron chi connectivity index (χ1n) is 4.35. The first-order valence-corrected chi connectivity index (χ1v) is 5.29. The summed E-state index contributed by atoms with van der Waals surface area (Å²) in [4.78, 5) is 11.4. The number of amides is 1. The monoisotopic (exact) mass is 214 g/mol. The first-order chi connectivity index (χ1) is 6.61. The van der Waals surface area contributed by atoms with Crippen molar-refractivity contribution in [1.82, 2.24) is 5.32 Å². The molecule has 0 aliphatic carbocycles. The van der Waals surface area contributed by atoms with E-state index in [1.165, 1.54) is 11.3 Å². The first kappa shape index (κ1) is 11.2. The van der Waals surface area contributed by atoms with Crippen LogP contribution < -0.4 is 11.1 Å². The molecule has 0 spiro atoms. The Morgan fingerprint density at radius 3 is 3.00 bits per heavy atom. The van der Waals surface area contributed by atoms with Crippen LogP contribution in [-0.2, 0) is 0 Å². The number of hydrogen-bond donors (Lipinski definition) is 3. The topological polar surface area (TPSA) is 75.3 Å².